The molecule has 10 nitrogen and oxygen atoms in total. The molecule has 0 radical (unpaired) electrons. The third-order valence-electron chi connectivity index (χ3n) is 8.51. The Labute approximate surface area is 251 Å². The Morgan fingerprint density at radius 2 is 1.72 bits per heavy atom. The Balaban J connectivity index is 1.25. The molecular formula is C33H37N7O3. The molecule has 0 saturated carbocycles. The number of carbonyl (C=O) groups excluding carboxylic acids is 2. The van der Waals surface area contributed by atoms with Gasteiger partial charge in [0, 0.05) is 68.0 Å². The molecule has 3 N–H and O–H groups in total. The van der Waals surface area contributed by atoms with Crippen molar-refractivity contribution < 1.29 is 14.7 Å². The van der Waals surface area contributed by atoms with E-state index in [0.717, 1.165) is 34.4 Å². The monoisotopic (exact) mass is 579 g/mol. The van der Waals surface area contributed by atoms with Crippen LogP contribution < -0.4 is 5.73 Å². The van der Waals surface area contributed by atoms with E-state index in [2.05, 4.69) is 40.4 Å². The number of likely N-dealkylation sites (tertiary alicyclic amines) is 1. The number of amides is 3. The van der Waals surface area contributed by atoms with Gasteiger partial charge in [-0.3, -0.25) is 9.36 Å². The molecule has 43 heavy (non-hydrogen) atoms. The maximum atomic E-state index is 13.2. The molecule has 0 aliphatic carbocycles. The first-order chi connectivity index (χ1) is 20.6. The molecule has 3 aromatic heterocycles. The molecule has 0 bridgehead atoms. The van der Waals surface area contributed by atoms with E-state index in [1.54, 1.807) is 24.9 Å². The molecule has 2 fully saturated rings. The van der Waals surface area contributed by atoms with Crippen molar-refractivity contribution in [2.24, 2.45) is 0 Å². The normalized spacial score (nSPS) is 17.5. The Hall–Kier alpha value is -4.70. The van der Waals surface area contributed by atoms with Crippen LogP contribution in [0.1, 0.15) is 37.4 Å². The second-order valence-electron chi connectivity index (χ2n) is 11.8. The number of fused-ring (bicyclic) bond motifs is 1. The predicted molar refractivity (Wildman–Crippen MR) is 167 cm³/mol. The molecule has 5 heterocycles. The van der Waals surface area contributed by atoms with E-state index in [9.17, 15) is 14.7 Å². The fraction of sp³-hybridized carbons (Fsp3) is 0.333. The van der Waals surface area contributed by atoms with Crippen molar-refractivity contribution in [3.63, 3.8) is 0 Å². The van der Waals surface area contributed by atoms with Crippen molar-refractivity contribution >= 4 is 28.8 Å². The van der Waals surface area contributed by atoms with Gasteiger partial charge in [-0.2, -0.15) is 0 Å². The first kappa shape index (κ1) is 28.4. The van der Waals surface area contributed by atoms with Crippen molar-refractivity contribution in [2.45, 2.75) is 31.8 Å². The molecule has 6 rings (SSSR count). The lowest BCUT2D eigenvalue weighted by Crippen LogP contribution is -2.53. The Bertz CT molecular complexity index is 1680. The number of urea groups is 1. The maximum absolute atomic E-state index is 13.2. The largest absolute Gasteiger partial charge is 0.384 e. The van der Waals surface area contributed by atoms with E-state index in [1.807, 2.05) is 40.1 Å². The lowest BCUT2D eigenvalue weighted by Gasteiger charge is -2.36. The second-order valence-corrected chi connectivity index (χ2v) is 11.8. The molecule has 0 spiro atoms. The van der Waals surface area contributed by atoms with Crippen LogP contribution in [0, 0.1) is 0 Å². The Morgan fingerprint density at radius 3 is 2.40 bits per heavy atom. The van der Waals surface area contributed by atoms with Gasteiger partial charge in [0.2, 0.25) is 5.91 Å². The first-order valence-corrected chi connectivity index (χ1v) is 14.7. The van der Waals surface area contributed by atoms with Gasteiger partial charge in [0.05, 0.1) is 11.4 Å². The SMILES string of the molecule is C=CC(=O)N1CCN(C(=O)N2CC[C@H](c3ccc(-n4c(-c5cccnc5N)cc5ccc(C(C)(C)O)nc54)cc3)C2)CC1. The summed E-state index contributed by atoms with van der Waals surface area (Å²) in [6, 6.07) is 18.1. The quantitative estimate of drug-likeness (QED) is 0.343. The van der Waals surface area contributed by atoms with Crippen molar-refractivity contribution in [1.82, 2.24) is 29.2 Å². The number of nitrogen functional groups attached to an aromatic ring is 1. The third-order valence-corrected chi connectivity index (χ3v) is 8.51. The molecule has 2 aliphatic rings. The highest BCUT2D eigenvalue weighted by Crippen LogP contribution is 2.35. The summed E-state index contributed by atoms with van der Waals surface area (Å²) < 4.78 is 2.06. The van der Waals surface area contributed by atoms with Gasteiger partial charge in [-0.25, -0.2) is 14.8 Å². The van der Waals surface area contributed by atoms with Gasteiger partial charge < -0.3 is 25.5 Å². The zero-order chi connectivity index (χ0) is 30.3. The van der Waals surface area contributed by atoms with Gasteiger partial charge in [0.25, 0.3) is 0 Å². The van der Waals surface area contributed by atoms with Crippen molar-refractivity contribution in [2.75, 3.05) is 45.0 Å². The number of anilines is 1. The number of aliphatic hydroxyl groups is 1. The molecular weight excluding hydrogens is 542 g/mol. The highest BCUT2D eigenvalue weighted by atomic mass is 16.3. The number of carbonyl (C=O) groups is 2. The van der Waals surface area contributed by atoms with Crippen LogP contribution in [-0.2, 0) is 10.4 Å². The van der Waals surface area contributed by atoms with Crippen LogP contribution >= 0.6 is 0 Å². The summed E-state index contributed by atoms with van der Waals surface area (Å²) in [5, 5.41) is 11.6. The van der Waals surface area contributed by atoms with Crippen LogP contribution in [0.4, 0.5) is 10.6 Å². The predicted octanol–water partition coefficient (Wildman–Crippen LogP) is 4.14. The number of hydrogen-bond donors (Lipinski definition) is 2. The van der Waals surface area contributed by atoms with E-state index < -0.39 is 5.60 Å². The average Bonchev–Trinajstić information content (AvgIpc) is 3.66. The topological polar surface area (TPSA) is 121 Å². The van der Waals surface area contributed by atoms with E-state index >= 15 is 0 Å². The van der Waals surface area contributed by atoms with Crippen molar-refractivity contribution in [1.29, 1.82) is 0 Å². The molecule has 1 atom stereocenters. The number of nitrogens with zero attached hydrogens (tertiary/aromatic N) is 6. The van der Waals surface area contributed by atoms with Gasteiger partial charge >= 0.3 is 6.03 Å². The van der Waals surface area contributed by atoms with Crippen LogP contribution in [0.3, 0.4) is 0 Å². The summed E-state index contributed by atoms with van der Waals surface area (Å²) in [6.07, 6.45) is 3.89. The molecule has 2 aliphatic heterocycles. The zero-order valence-corrected chi connectivity index (χ0v) is 24.6. The highest BCUT2D eigenvalue weighted by Gasteiger charge is 2.32. The maximum Gasteiger partial charge on any atom is 0.320 e. The lowest BCUT2D eigenvalue weighted by atomic mass is 9.98. The second kappa shape index (κ2) is 11.2. The van der Waals surface area contributed by atoms with Crippen LogP contribution in [0.2, 0.25) is 0 Å². The summed E-state index contributed by atoms with van der Waals surface area (Å²) in [6.45, 7) is 10.5. The minimum absolute atomic E-state index is 0.0380. The number of aromatic nitrogens is 3. The van der Waals surface area contributed by atoms with Crippen LogP contribution in [-0.4, -0.2) is 85.5 Å². The molecule has 1 aromatic carbocycles. The summed E-state index contributed by atoms with van der Waals surface area (Å²) in [7, 11) is 0. The van der Waals surface area contributed by atoms with E-state index in [4.69, 9.17) is 10.7 Å². The van der Waals surface area contributed by atoms with Crippen LogP contribution in [0.25, 0.3) is 28.0 Å². The molecule has 2 saturated heterocycles. The Kier molecular flexibility index (Phi) is 7.39. The molecule has 222 valence electrons. The highest BCUT2D eigenvalue weighted by molar-refractivity contribution is 5.89. The minimum Gasteiger partial charge on any atom is -0.384 e. The first-order valence-electron chi connectivity index (χ1n) is 14.7. The van der Waals surface area contributed by atoms with Crippen molar-refractivity contribution in [3.8, 4) is 16.9 Å². The number of piperazine rings is 1. The summed E-state index contributed by atoms with van der Waals surface area (Å²) in [4.78, 5) is 39.8. The van der Waals surface area contributed by atoms with E-state index in [-0.39, 0.29) is 17.9 Å². The van der Waals surface area contributed by atoms with Gasteiger partial charge in [-0.1, -0.05) is 18.7 Å². The van der Waals surface area contributed by atoms with Gasteiger partial charge in [0.1, 0.15) is 17.1 Å². The summed E-state index contributed by atoms with van der Waals surface area (Å²) in [5.74, 6) is 0.570. The van der Waals surface area contributed by atoms with Gasteiger partial charge in [-0.15, -0.1) is 0 Å². The number of rotatable bonds is 5. The van der Waals surface area contributed by atoms with E-state index in [1.165, 1.54) is 11.6 Å². The van der Waals surface area contributed by atoms with Gasteiger partial charge in [-0.05, 0) is 74.4 Å². The van der Waals surface area contributed by atoms with Crippen LogP contribution in [0.5, 0.6) is 0 Å². The van der Waals surface area contributed by atoms with E-state index in [0.29, 0.717) is 50.8 Å². The van der Waals surface area contributed by atoms with Gasteiger partial charge in [0.15, 0.2) is 0 Å². The minimum atomic E-state index is -1.09. The van der Waals surface area contributed by atoms with Crippen LogP contribution in [0.15, 0.2) is 73.4 Å². The molecule has 3 amide bonds. The molecule has 0 unspecified atom stereocenters. The smallest absolute Gasteiger partial charge is 0.320 e. The Morgan fingerprint density at radius 1 is 1.00 bits per heavy atom. The number of hydrogen-bond acceptors (Lipinski definition) is 6. The number of nitrogens with two attached hydrogens (primary N) is 1. The fourth-order valence-corrected chi connectivity index (χ4v) is 6.06. The fourth-order valence-electron chi connectivity index (χ4n) is 6.06. The zero-order valence-electron chi connectivity index (χ0n) is 24.6. The summed E-state index contributed by atoms with van der Waals surface area (Å²) >= 11 is 0. The molecule has 10 heteroatoms. The number of benzene rings is 1. The third kappa shape index (κ3) is 5.46. The lowest BCUT2D eigenvalue weighted by molar-refractivity contribution is -0.127. The number of pyridine rings is 2. The van der Waals surface area contributed by atoms with Crippen molar-refractivity contribution in [3.05, 3.63) is 84.7 Å². The molecule has 4 aromatic rings. The average molecular weight is 580 g/mol. The standard InChI is InChI=1S/C33H37N7O3/c1-4-29(41)37-16-18-38(19-17-37)32(42)39-15-13-24(21-39)22-7-10-25(11-8-22)40-27(26-6-5-14-35-30(26)34)20-23-9-12-28(33(2,3)43)36-31(23)40/h4-12,14,20,24,43H,1,13,15-19,21H2,2-3H3,(H2,34,35)/t24-/m0/s1. The summed E-state index contributed by atoms with van der Waals surface area (Å²) in [5.41, 5.74) is 10.3.